The summed E-state index contributed by atoms with van der Waals surface area (Å²) in [5.74, 6) is 0. The Morgan fingerprint density at radius 3 is 1.52 bits per heavy atom. The summed E-state index contributed by atoms with van der Waals surface area (Å²) < 4.78 is 133. The van der Waals surface area contributed by atoms with Gasteiger partial charge in [0.2, 0.25) is 0 Å². The number of para-hydroxylation sites is 1. The maximum atomic E-state index is 8.84. The van der Waals surface area contributed by atoms with Gasteiger partial charge >= 0.3 is 0 Å². The molecule has 0 saturated heterocycles. The van der Waals surface area contributed by atoms with Crippen LogP contribution in [-0.2, 0) is 0 Å². The molecule has 0 aliphatic rings. The van der Waals surface area contributed by atoms with Crippen molar-refractivity contribution < 1.29 is 25.0 Å². The van der Waals surface area contributed by atoms with Crippen LogP contribution in [0.3, 0.4) is 0 Å². The molecule has 2 heteroatoms. The van der Waals surface area contributed by atoms with E-state index in [0.717, 1.165) is 10.8 Å². The molecule has 0 N–H and O–H groups in total. The first-order valence-corrected chi connectivity index (χ1v) is 13.7. The Hall–Kier alpha value is -5.86. The number of fused-ring (bicyclic) bond motifs is 3. The number of benzene rings is 7. The van der Waals surface area contributed by atoms with Gasteiger partial charge in [-0.15, -0.1) is 0 Å². The second kappa shape index (κ2) is 11.1. The topological polar surface area (TPSA) is 16.4 Å². The van der Waals surface area contributed by atoms with Crippen molar-refractivity contribution in [1.82, 2.24) is 0 Å². The van der Waals surface area contributed by atoms with Crippen LogP contribution in [0.15, 0.2) is 180 Å². The van der Waals surface area contributed by atoms with Gasteiger partial charge in [-0.1, -0.05) is 121 Å². The van der Waals surface area contributed by atoms with Crippen molar-refractivity contribution in [2.45, 2.75) is 0 Å². The third-order valence-electron chi connectivity index (χ3n) is 7.29. The van der Waals surface area contributed by atoms with Crippen molar-refractivity contribution in [3.05, 3.63) is 176 Å². The highest BCUT2D eigenvalue weighted by atomic mass is 16.3. The Morgan fingerprint density at radius 1 is 0.386 bits per heavy atom. The first kappa shape index (κ1) is 14.5. The van der Waals surface area contributed by atoms with Gasteiger partial charge in [-0.3, -0.25) is 0 Å². The van der Waals surface area contributed by atoms with Gasteiger partial charge in [0, 0.05) is 27.8 Å². The van der Waals surface area contributed by atoms with E-state index in [1.54, 1.807) is 53.4 Å². The van der Waals surface area contributed by atoms with Crippen LogP contribution in [-0.4, -0.2) is 0 Å². The number of furan rings is 1. The summed E-state index contributed by atoms with van der Waals surface area (Å²) >= 11 is 0. The van der Waals surface area contributed by atoms with Gasteiger partial charge in [0.15, 0.2) is 0 Å². The highest BCUT2D eigenvalue weighted by molar-refractivity contribution is 6.06. The highest BCUT2D eigenvalue weighted by Gasteiger charge is 2.18. The monoisotopic (exact) mass is 578 g/mol. The molecule has 44 heavy (non-hydrogen) atoms. The molecule has 8 rings (SSSR count). The van der Waals surface area contributed by atoms with Gasteiger partial charge in [0.1, 0.15) is 11.2 Å². The van der Waals surface area contributed by atoms with E-state index in [1.807, 2.05) is 30.3 Å². The predicted octanol–water partition coefficient (Wildman–Crippen LogP) is 12.1. The van der Waals surface area contributed by atoms with Crippen LogP contribution in [0.4, 0.5) is 17.1 Å². The Labute approximate surface area is 278 Å². The van der Waals surface area contributed by atoms with E-state index in [9.17, 15) is 0 Å². The van der Waals surface area contributed by atoms with Crippen LogP contribution < -0.4 is 4.90 Å². The van der Waals surface area contributed by atoms with Crippen LogP contribution in [0.5, 0.6) is 0 Å². The molecule has 0 spiro atoms. The van der Waals surface area contributed by atoms with Crippen LogP contribution in [0, 0.1) is 0 Å². The van der Waals surface area contributed by atoms with Crippen molar-refractivity contribution in [3.63, 3.8) is 0 Å². The van der Waals surface area contributed by atoms with E-state index in [-0.39, 0.29) is 39.9 Å². The number of anilines is 3. The molecule has 2 nitrogen and oxygen atoms in total. The molecular formula is C42H29NO. The fourth-order valence-electron chi connectivity index (χ4n) is 5.29. The minimum Gasteiger partial charge on any atom is -0.456 e. The van der Waals surface area contributed by atoms with E-state index in [0.29, 0.717) is 33.8 Å². The minimum atomic E-state index is -0.604. The van der Waals surface area contributed by atoms with E-state index >= 15 is 0 Å². The van der Waals surface area contributed by atoms with Crippen LogP contribution >= 0.6 is 0 Å². The fourth-order valence-corrected chi connectivity index (χ4v) is 5.29. The Kier molecular flexibility index (Phi) is 3.67. The van der Waals surface area contributed by atoms with Crippen LogP contribution in [0.25, 0.3) is 55.3 Å². The average Bonchev–Trinajstić information content (AvgIpc) is 3.61. The molecule has 0 unspecified atom stereocenters. The Balaban J connectivity index is 1.45. The zero-order chi connectivity index (χ0) is 42.3. The molecule has 7 aromatic carbocycles. The zero-order valence-corrected chi connectivity index (χ0v) is 22.9. The first-order valence-electron chi connectivity index (χ1n) is 21.2. The lowest BCUT2D eigenvalue weighted by molar-refractivity contribution is 0.669. The van der Waals surface area contributed by atoms with E-state index in [2.05, 4.69) is 0 Å². The van der Waals surface area contributed by atoms with E-state index in [1.165, 1.54) is 6.07 Å². The van der Waals surface area contributed by atoms with Crippen molar-refractivity contribution in [3.8, 4) is 33.4 Å². The molecule has 0 radical (unpaired) electrons. The summed E-state index contributed by atoms with van der Waals surface area (Å²) in [5.41, 5.74) is 2.65. The number of hydrogen-bond donors (Lipinski definition) is 0. The van der Waals surface area contributed by atoms with Gasteiger partial charge < -0.3 is 9.32 Å². The second-order valence-electron chi connectivity index (χ2n) is 9.93. The number of nitrogens with zero attached hydrogens (tertiary/aromatic N) is 1. The molecule has 208 valence electrons. The first-order chi connectivity index (χ1) is 28.0. The third-order valence-corrected chi connectivity index (χ3v) is 7.29. The quantitative estimate of drug-likeness (QED) is 0.195. The second-order valence-corrected chi connectivity index (χ2v) is 9.93. The van der Waals surface area contributed by atoms with Gasteiger partial charge in [0.05, 0.1) is 20.6 Å². The van der Waals surface area contributed by atoms with Crippen molar-refractivity contribution in [2.24, 2.45) is 0 Å². The summed E-state index contributed by atoms with van der Waals surface area (Å²) in [6, 6.07) is 16.1. The molecule has 0 atom stereocenters. The highest BCUT2D eigenvalue weighted by Crippen LogP contribution is 2.42. The lowest BCUT2D eigenvalue weighted by Crippen LogP contribution is -2.10. The smallest absolute Gasteiger partial charge is 0.135 e. The third kappa shape index (κ3) is 4.83. The molecule has 1 aromatic heterocycles. The maximum Gasteiger partial charge on any atom is 0.135 e. The SMILES string of the molecule is [2H]c1c([2H])c([2H])c(-c2ccc(N(c3cc(-c4c([2H])c([2H])c([2H])c([2H])c4[2H])cc(-c4c([2H])c([2H])c([2H])c([2H])c4[2H])c3)c3ccc4oc5ccccc5c4c3)cc2)c([2H])c1[2H]. The molecule has 8 aromatic rings. The predicted molar refractivity (Wildman–Crippen MR) is 185 cm³/mol. The summed E-state index contributed by atoms with van der Waals surface area (Å²) in [6.07, 6.45) is 0. The molecule has 0 aliphatic heterocycles. The molecule has 1 heterocycles. The standard InChI is InChI=1S/C42H29NO/c1-4-12-30(13-5-1)33-20-22-36(23-21-33)43(37-24-25-42-40(29-37)39-18-10-11-19-41(39)44-42)38-27-34(31-14-6-2-7-15-31)26-35(28-38)32-16-8-3-9-17-32/h1-29H/i1D,2D,3D,4D,5D,6D,7D,8D,9D,12D,13D,14D,15D,16D,17D. The van der Waals surface area contributed by atoms with Crippen LogP contribution in [0.1, 0.15) is 20.6 Å². The van der Waals surface area contributed by atoms with Crippen molar-refractivity contribution in [2.75, 3.05) is 4.90 Å². The molecule has 0 bridgehead atoms. The summed E-state index contributed by atoms with van der Waals surface area (Å²) in [4.78, 5) is 1.75. The largest absolute Gasteiger partial charge is 0.456 e. The molecule has 0 amide bonds. The minimum absolute atomic E-state index is 0.00737. The lowest BCUT2D eigenvalue weighted by atomic mass is 9.97. The van der Waals surface area contributed by atoms with Crippen molar-refractivity contribution in [1.29, 1.82) is 0 Å². The van der Waals surface area contributed by atoms with Gasteiger partial charge in [-0.2, -0.15) is 0 Å². The summed E-state index contributed by atoms with van der Waals surface area (Å²) in [7, 11) is 0. The van der Waals surface area contributed by atoms with Crippen LogP contribution in [0.2, 0.25) is 0 Å². The molecule has 0 fully saturated rings. The summed E-state index contributed by atoms with van der Waals surface area (Å²) in [5, 5.41) is 1.56. The fraction of sp³-hybridized carbons (Fsp3) is 0. The molecular weight excluding hydrogens is 534 g/mol. The normalized spacial score (nSPS) is 16.0. The summed E-state index contributed by atoms with van der Waals surface area (Å²) in [6.45, 7) is 0. The maximum absolute atomic E-state index is 8.84. The van der Waals surface area contributed by atoms with E-state index in [4.69, 9.17) is 25.0 Å². The molecule has 0 saturated carbocycles. The molecule has 0 aliphatic carbocycles. The Morgan fingerprint density at radius 2 is 0.909 bits per heavy atom. The zero-order valence-electron chi connectivity index (χ0n) is 37.9. The number of rotatable bonds is 6. The average molecular weight is 579 g/mol. The van der Waals surface area contributed by atoms with E-state index < -0.39 is 78.6 Å². The number of hydrogen-bond acceptors (Lipinski definition) is 2. The van der Waals surface area contributed by atoms with Gasteiger partial charge in [0.25, 0.3) is 0 Å². The van der Waals surface area contributed by atoms with Gasteiger partial charge in [-0.25, -0.2) is 0 Å². The van der Waals surface area contributed by atoms with Crippen molar-refractivity contribution >= 4 is 39.0 Å². The lowest BCUT2D eigenvalue weighted by Gasteiger charge is -2.27. The van der Waals surface area contributed by atoms with Gasteiger partial charge in [-0.05, 0) is 88.0 Å². The Bertz CT molecular complexity index is 2900.